The smallest absolute Gasteiger partial charge is 0.259 e. The summed E-state index contributed by atoms with van der Waals surface area (Å²) in [6, 6.07) is 24.3. The van der Waals surface area contributed by atoms with Crippen molar-refractivity contribution in [1.82, 2.24) is 15.1 Å². The third-order valence-corrected chi connectivity index (χ3v) is 5.48. The normalized spacial score (nSPS) is 10.6. The van der Waals surface area contributed by atoms with Crippen LogP contribution in [0.3, 0.4) is 0 Å². The van der Waals surface area contributed by atoms with E-state index in [4.69, 9.17) is 9.84 Å². The fourth-order valence-corrected chi connectivity index (χ4v) is 3.68. The lowest BCUT2D eigenvalue weighted by Gasteiger charge is -2.08. The Morgan fingerprint density at radius 3 is 2.43 bits per heavy atom. The highest BCUT2D eigenvalue weighted by molar-refractivity contribution is 6.08. The Morgan fingerprint density at radius 1 is 0.943 bits per heavy atom. The first kappa shape index (κ1) is 23.8. The first-order valence-corrected chi connectivity index (χ1v) is 11.5. The largest absolute Gasteiger partial charge is 0.497 e. The molecule has 0 unspecified atom stereocenters. The minimum Gasteiger partial charge on any atom is -0.497 e. The van der Waals surface area contributed by atoms with Gasteiger partial charge in [-0.15, -0.1) is 0 Å². The van der Waals surface area contributed by atoms with Crippen molar-refractivity contribution in [2.45, 2.75) is 19.9 Å². The van der Waals surface area contributed by atoms with Crippen LogP contribution in [0, 0.1) is 0 Å². The van der Waals surface area contributed by atoms with Gasteiger partial charge in [0.25, 0.3) is 11.8 Å². The Labute approximate surface area is 204 Å². The molecule has 0 spiro atoms. The number of amides is 2. The topological polar surface area (TPSA) is 85.3 Å². The Bertz CT molecular complexity index is 1300. The maximum absolute atomic E-state index is 13.4. The lowest BCUT2D eigenvalue weighted by Crippen LogP contribution is -2.24. The summed E-state index contributed by atoms with van der Waals surface area (Å²) in [6.07, 6.45) is 2.60. The highest BCUT2D eigenvalue weighted by Crippen LogP contribution is 2.26. The fourth-order valence-electron chi connectivity index (χ4n) is 3.68. The summed E-state index contributed by atoms with van der Waals surface area (Å²) in [5, 5.41) is 10.5. The molecular formula is C28H28N4O3. The van der Waals surface area contributed by atoms with E-state index in [1.54, 1.807) is 42.3 Å². The number of nitrogens with zero attached hydrogens (tertiary/aromatic N) is 2. The SMILES string of the molecule is CCCNC(=O)c1cccc(NC(=O)c2cn(Cc3ccccc3)nc2-c2ccc(OC)cc2)c1. The molecule has 35 heavy (non-hydrogen) atoms. The molecule has 2 amide bonds. The zero-order valence-electron chi connectivity index (χ0n) is 19.8. The number of anilines is 1. The zero-order chi connectivity index (χ0) is 24.6. The summed E-state index contributed by atoms with van der Waals surface area (Å²) in [7, 11) is 1.61. The van der Waals surface area contributed by atoms with Crippen molar-refractivity contribution in [3.05, 3.63) is 102 Å². The van der Waals surface area contributed by atoms with Gasteiger partial charge in [0.1, 0.15) is 11.4 Å². The number of ether oxygens (including phenoxy) is 1. The summed E-state index contributed by atoms with van der Waals surface area (Å²) in [6.45, 7) is 3.13. The Balaban J connectivity index is 1.63. The molecule has 0 aliphatic carbocycles. The fraction of sp³-hybridized carbons (Fsp3) is 0.179. The van der Waals surface area contributed by atoms with Gasteiger partial charge in [-0.1, -0.05) is 43.3 Å². The maximum Gasteiger partial charge on any atom is 0.259 e. The summed E-state index contributed by atoms with van der Waals surface area (Å²) < 4.78 is 7.03. The van der Waals surface area contributed by atoms with Gasteiger partial charge in [0.2, 0.25) is 0 Å². The molecule has 0 saturated heterocycles. The van der Waals surface area contributed by atoms with Crippen molar-refractivity contribution in [1.29, 1.82) is 0 Å². The van der Waals surface area contributed by atoms with Gasteiger partial charge < -0.3 is 15.4 Å². The number of hydrogen-bond donors (Lipinski definition) is 2. The number of methoxy groups -OCH3 is 1. The molecule has 4 aromatic rings. The Kier molecular flexibility index (Phi) is 7.57. The van der Waals surface area contributed by atoms with Crippen molar-refractivity contribution < 1.29 is 14.3 Å². The first-order chi connectivity index (χ1) is 17.1. The third-order valence-electron chi connectivity index (χ3n) is 5.48. The van der Waals surface area contributed by atoms with Crippen molar-refractivity contribution in [2.75, 3.05) is 19.0 Å². The molecule has 0 bridgehead atoms. The van der Waals surface area contributed by atoms with E-state index in [-0.39, 0.29) is 11.8 Å². The van der Waals surface area contributed by atoms with Crippen molar-refractivity contribution >= 4 is 17.5 Å². The lowest BCUT2D eigenvalue weighted by molar-refractivity contribution is 0.0952. The molecule has 7 heteroatoms. The average Bonchev–Trinajstić information content (AvgIpc) is 3.32. The molecule has 7 nitrogen and oxygen atoms in total. The highest BCUT2D eigenvalue weighted by atomic mass is 16.5. The summed E-state index contributed by atoms with van der Waals surface area (Å²) >= 11 is 0. The van der Waals surface area contributed by atoms with Gasteiger partial charge in [-0.3, -0.25) is 14.3 Å². The maximum atomic E-state index is 13.4. The zero-order valence-corrected chi connectivity index (χ0v) is 19.8. The molecule has 0 saturated carbocycles. The van der Waals surface area contributed by atoms with E-state index in [2.05, 4.69) is 10.6 Å². The van der Waals surface area contributed by atoms with E-state index in [0.717, 1.165) is 23.3 Å². The third kappa shape index (κ3) is 5.95. The van der Waals surface area contributed by atoms with Crippen LogP contribution in [0.2, 0.25) is 0 Å². The van der Waals surface area contributed by atoms with Gasteiger partial charge in [0, 0.05) is 29.6 Å². The Hall–Kier alpha value is -4.39. The van der Waals surface area contributed by atoms with E-state index in [1.807, 2.05) is 61.5 Å². The lowest BCUT2D eigenvalue weighted by atomic mass is 10.1. The van der Waals surface area contributed by atoms with Crippen LogP contribution < -0.4 is 15.4 Å². The highest BCUT2D eigenvalue weighted by Gasteiger charge is 2.19. The molecule has 4 rings (SSSR count). The second-order valence-corrected chi connectivity index (χ2v) is 8.09. The Morgan fingerprint density at radius 2 is 1.71 bits per heavy atom. The standard InChI is InChI=1S/C28H28N4O3/c1-3-16-29-27(33)22-10-7-11-23(17-22)30-28(34)25-19-32(18-20-8-5-4-6-9-20)31-26(25)21-12-14-24(35-2)15-13-21/h4-15,17,19H,3,16,18H2,1-2H3,(H,29,33)(H,30,34). The van der Waals surface area contributed by atoms with E-state index < -0.39 is 0 Å². The van der Waals surface area contributed by atoms with Crippen molar-refractivity contribution in [3.8, 4) is 17.0 Å². The van der Waals surface area contributed by atoms with Crippen molar-refractivity contribution in [2.24, 2.45) is 0 Å². The summed E-state index contributed by atoms with van der Waals surface area (Å²) in [4.78, 5) is 25.7. The number of nitrogens with one attached hydrogen (secondary N) is 2. The van der Waals surface area contributed by atoms with Crippen LogP contribution in [0.15, 0.2) is 85.1 Å². The van der Waals surface area contributed by atoms with E-state index in [0.29, 0.717) is 35.6 Å². The second kappa shape index (κ2) is 11.2. The molecule has 3 aromatic carbocycles. The minimum atomic E-state index is -0.304. The minimum absolute atomic E-state index is 0.169. The number of rotatable bonds is 9. The van der Waals surface area contributed by atoms with Crippen LogP contribution in [0.1, 0.15) is 39.6 Å². The van der Waals surface area contributed by atoms with E-state index in [1.165, 1.54) is 0 Å². The second-order valence-electron chi connectivity index (χ2n) is 8.09. The van der Waals surface area contributed by atoms with Crippen LogP contribution in [0.4, 0.5) is 5.69 Å². The molecule has 0 radical (unpaired) electrons. The predicted molar refractivity (Wildman–Crippen MR) is 137 cm³/mol. The van der Waals surface area contributed by atoms with E-state index >= 15 is 0 Å². The number of carbonyl (C=O) groups excluding carboxylic acids is 2. The van der Waals surface area contributed by atoms with Crippen LogP contribution >= 0.6 is 0 Å². The van der Waals surface area contributed by atoms with Gasteiger partial charge in [-0.25, -0.2) is 0 Å². The number of benzene rings is 3. The van der Waals surface area contributed by atoms with Gasteiger partial charge in [0.05, 0.1) is 19.2 Å². The van der Waals surface area contributed by atoms with Crippen LogP contribution in [-0.4, -0.2) is 35.2 Å². The van der Waals surface area contributed by atoms with Gasteiger partial charge in [-0.05, 0) is 54.4 Å². The summed E-state index contributed by atoms with van der Waals surface area (Å²) in [5.41, 5.74) is 3.91. The van der Waals surface area contributed by atoms with Crippen LogP contribution in [0.25, 0.3) is 11.3 Å². The molecule has 2 N–H and O–H groups in total. The number of aromatic nitrogens is 2. The molecule has 0 aliphatic rings. The molecule has 0 fully saturated rings. The molecule has 0 aliphatic heterocycles. The summed E-state index contributed by atoms with van der Waals surface area (Å²) in [5.74, 6) is 0.250. The number of carbonyl (C=O) groups is 2. The van der Waals surface area contributed by atoms with Crippen LogP contribution in [0.5, 0.6) is 5.75 Å². The monoisotopic (exact) mass is 468 g/mol. The molecule has 1 heterocycles. The average molecular weight is 469 g/mol. The van der Waals surface area contributed by atoms with Gasteiger partial charge in [0.15, 0.2) is 0 Å². The molecule has 0 atom stereocenters. The molecule has 178 valence electrons. The quantitative estimate of drug-likeness (QED) is 0.362. The number of hydrogen-bond acceptors (Lipinski definition) is 4. The molecular weight excluding hydrogens is 440 g/mol. The van der Waals surface area contributed by atoms with Crippen LogP contribution in [-0.2, 0) is 6.54 Å². The van der Waals surface area contributed by atoms with Gasteiger partial charge in [-0.2, -0.15) is 5.10 Å². The molecule has 1 aromatic heterocycles. The van der Waals surface area contributed by atoms with E-state index in [9.17, 15) is 9.59 Å². The van der Waals surface area contributed by atoms with Gasteiger partial charge >= 0.3 is 0 Å². The first-order valence-electron chi connectivity index (χ1n) is 11.5. The van der Waals surface area contributed by atoms with Crippen molar-refractivity contribution in [3.63, 3.8) is 0 Å². The predicted octanol–water partition coefficient (Wildman–Crippen LogP) is 5.00.